The maximum absolute atomic E-state index is 13.5. The van der Waals surface area contributed by atoms with E-state index in [-0.39, 0.29) is 47.3 Å². The van der Waals surface area contributed by atoms with Gasteiger partial charge in [0.05, 0.1) is 11.1 Å². The summed E-state index contributed by atoms with van der Waals surface area (Å²) >= 11 is 0. The highest BCUT2D eigenvalue weighted by molar-refractivity contribution is 5.93. The van der Waals surface area contributed by atoms with Gasteiger partial charge in [-0.3, -0.25) is 57.5 Å². The van der Waals surface area contributed by atoms with Crippen molar-refractivity contribution in [3.63, 3.8) is 0 Å². The molecule has 4 rings (SSSR count). The molecule has 0 spiro atoms. The second-order valence-corrected chi connectivity index (χ2v) is 25.6. The van der Waals surface area contributed by atoms with Crippen molar-refractivity contribution < 1.29 is 135 Å². The fraction of sp³-hybridized carbons (Fsp3) is 0.441. The van der Waals surface area contributed by atoms with E-state index in [4.69, 9.17) is 67.8 Å². The fourth-order valence-corrected chi connectivity index (χ4v) is 7.97. The molecule has 0 saturated heterocycles. The van der Waals surface area contributed by atoms with Gasteiger partial charge in [-0.05, 0) is 118 Å². The lowest BCUT2D eigenvalue weighted by Crippen LogP contribution is -2.45. The minimum Gasteiger partial charge on any atom is -0.484 e. The van der Waals surface area contributed by atoms with Crippen LogP contribution >= 0.6 is 0 Å². The zero-order valence-corrected chi connectivity index (χ0v) is 57.5. The number of carbonyl (C=O) groups excluding carboxylic acids is 10. The SMILES string of the molecule is CC(C)(C)OC(=O)CN(CC(=O)OC(C)(C)C)C(=O)COc1cc(OCC(=O)N(CC(=O)OC(C)(C)C)CC(=O)OC(C)(C)C)cc(C(=O)OCc2ccccc2)c1.O=C(O)CN(CC(=O)O)C(=O)COc1cc(OCC(=O)N(CC(=O)O)CC(=O)O)cc(C(=O)OCc2ccccc2)c1. The third-order valence-electron chi connectivity index (χ3n) is 11.8. The van der Waals surface area contributed by atoms with Crippen LogP contribution in [0.4, 0.5) is 0 Å². The topological polar surface area (TPSA) is 425 Å². The molecule has 0 aromatic heterocycles. The predicted octanol–water partition coefficient (Wildman–Crippen LogP) is 4.62. The Hall–Kier alpha value is -11.3. The van der Waals surface area contributed by atoms with Gasteiger partial charge in [0.25, 0.3) is 23.6 Å². The molecule has 32 nitrogen and oxygen atoms in total. The second-order valence-electron chi connectivity index (χ2n) is 25.6. The highest BCUT2D eigenvalue weighted by Crippen LogP contribution is 2.27. The highest BCUT2D eigenvalue weighted by atomic mass is 16.6. The maximum Gasteiger partial charge on any atom is 0.338 e. The first-order chi connectivity index (χ1) is 46.4. The third kappa shape index (κ3) is 35.1. The second kappa shape index (κ2) is 38.6. The van der Waals surface area contributed by atoms with E-state index in [0.29, 0.717) is 20.9 Å². The molecule has 0 bridgehead atoms. The van der Waals surface area contributed by atoms with E-state index in [1.165, 1.54) is 18.2 Å². The van der Waals surface area contributed by atoms with Gasteiger partial charge >= 0.3 is 59.7 Å². The number of benzene rings is 4. The number of rotatable bonds is 34. The third-order valence-corrected chi connectivity index (χ3v) is 11.8. The summed E-state index contributed by atoms with van der Waals surface area (Å²) < 4.78 is 54.4. The van der Waals surface area contributed by atoms with Gasteiger partial charge in [0.15, 0.2) is 26.4 Å². The molecule has 100 heavy (non-hydrogen) atoms. The van der Waals surface area contributed by atoms with Gasteiger partial charge in [-0.25, -0.2) is 9.59 Å². The van der Waals surface area contributed by atoms with Gasteiger partial charge in [0.2, 0.25) is 0 Å². The largest absolute Gasteiger partial charge is 0.484 e. The summed E-state index contributed by atoms with van der Waals surface area (Å²) in [4.78, 5) is 175. The maximum atomic E-state index is 13.5. The summed E-state index contributed by atoms with van der Waals surface area (Å²) in [5, 5.41) is 35.8. The molecule has 0 heterocycles. The van der Waals surface area contributed by atoms with E-state index in [0.717, 1.165) is 28.0 Å². The minimum atomic E-state index is -1.46. The first kappa shape index (κ1) is 82.9. The molecule has 32 heteroatoms. The van der Waals surface area contributed by atoms with E-state index in [9.17, 15) is 67.1 Å². The van der Waals surface area contributed by atoms with Crippen LogP contribution < -0.4 is 18.9 Å². The number of aliphatic carboxylic acids is 4. The fourth-order valence-electron chi connectivity index (χ4n) is 7.97. The monoisotopic (exact) mass is 1400 g/mol. The zero-order valence-electron chi connectivity index (χ0n) is 57.5. The number of hydrogen-bond acceptors (Lipinski definition) is 24. The lowest BCUT2D eigenvalue weighted by Gasteiger charge is -2.26. The Morgan fingerprint density at radius 2 is 0.520 bits per heavy atom. The van der Waals surface area contributed by atoms with Crippen LogP contribution in [0.3, 0.4) is 0 Å². The van der Waals surface area contributed by atoms with Crippen molar-refractivity contribution in [2.24, 2.45) is 0 Å². The van der Waals surface area contributed by atoms with Crippen molar-refractivity contribution in [1.82, 2.24) is 19.6 Å². The Kier molecular flexibility index (Phi) is 32.0. The summed E-state index contributed by atoms with van der Waals surface area (Å²) in [6.45, 7) is 10.5. The molecule has 4 N–H and O–H groups in total. The molecule has 544 valence electrons. The highest BCUT2D eigenvalue weighted by Gasteiger charge is 2.31. The van der Waals surface area contributed by atoms with Gasteiger partial charge in [0, 0.05) is 12.1 Å². The number of hydrogen-bond donors (Lipinski definition) is 4. The molecule has 0 atom stereocenters. The quantitative estimate of drug-likeness (QED) is 0.0366. The van der Waals surface area contributed by atoms with Crippen molar-refractivity contribution >= 4 is 83.3 Å². The normalized spacial score (nSPS) is 11.1. The first-order valence-corrected chi connectivity index (χ1v) is 30.5. The summed E-state index contributed by atoms with van der Waals surface area (Å²) in [5.74, 6) is -14.8. The Balaban J connectivity index is 0.000000547. The molecular formula is C68H84N4O28. The van der Waals surface area contributed by atoms with Crippen LogP contribution in [0.25, 0.3) is 0 Å². The Labute approximate surface area is 575 Å². The molecule has 0 fully saturated rings. The van der Waals surface area contributed by atoms with Gasteiger partial charge < -0.3 is 87.4 Å². The molecule has 4 amide bonds. The van der Waals surface area contributed by atoms with Gasteiger partial charge in [-0.2, -0.15) is 0 Å². The van der Waals surface area contributed by atoms with Crippen LogP contribution in [0.5, 0.6) is 23.0 Å². The van der Waals surface area contributed by atoms with Crippen LogP contribution in [0.15, 0.2) is 97.1 Å². The standard InChI is InChI=1S/C42H58N2O14.C26H26N2O14/c1-39(2,3)55-34(47)21-43(22-35(48)56-40(4,5)6)32(45)26-52-30-18-29(38(51)54-25-28-16-14-13-15-17-28)19-31(20-30)53-27-33(46)44(23-36(49)57-41(7,8)9)24-37(50)58-42(10,11)12;29-20(27(9-22(31)32)10-23(33)34)14-40-18-6-17(26(39)42-13-16-4-2-1-3-5-16)7-19(8-18)41-15-21(30)28(11-24(35)36)12-25(37)38/h13-20H,21-27H2,1-12H3;1-8H,9-15H2,(H,31,32)(H,33,34)(H,35,36)(H,37,38). The number of carboxylic acid groups (broad SMARTS) is 4. The van der Waals surface area contributed by atoms with E-state index < -0.39 is 185 Å². The Bertz CT molecular complexity index is 3290. The summed E-state index contributed by atoms with van der Waals surface area (Å²) in [6, 6.07) is 24.8. The summed E-state index contributed by atoms with van der Waals surface area (Å²) in [7, 11) is 0. The first-order valence-electron chi connectivity index (χ1n) is 30.5. The van der Waals surface area contributed by atoms with E-state index >= 15 is 0 Å². The Morgan fingerprint density at radius 3 is 0.720 bits per heavy atom. The van der Waals surface area contributed by atoms with E-state index in [2.05, 4.69) is 0 Å². The number of carboxylic acids is 4. The van der Waals surface area contributed by atoms with E-state index in [1.807, 2.05) is 6.07 Å². The summed E-state index contributed by atoms with van der Waals surface area (Å²) in [6.07, 6.45) is 0. The molecular weight excluding hydrogens is 1320 g/mol. The van der Waals surface area contributed by atoms with E-state index in [1.54, 1.807) is 138 Å². The number of esters is 6. The molecule has 0 unspecified atom stereocenters. The van der Waals surface area contributed by atoms with Gasteiger partial charge in [0.1, 0.15) is 111 Å². The number of ether oxygens (including phenoxy) is 10. The van der Waals surface area contributed by atoms with Crippen LogP contribution in [0.1, 0.15) is 115 Å². The molecule has 0 saturated carbocycles. The van der Waals surface area contributed by atoms with Gasteiger partial charge in [-0.15, -0.1) is 0 Å². The lowest BCUT2D eigenvalue weighted by atomic mass is 10.2. The van der Waals surface area contributed by atoms with Crippen molar-refractivity contribution in [1.29, 1.82) is 0 Å². The average Bonchev–Trinajstić information content (AvgIpc) is 0.837. The van der Waals surface area contributed by atoms with Crippen LogP contribution in [-0.2, 0) is 99.2 Å². The molecule has 0 aliphatic carbocycles. The van der Waals surface area contributed by atoms with Crippen molar-refractivity contribution in [3.8, 4) is 23.0 Å². The van der Waals surface area contributed by atoms with Crippen LogP contribution in [0, 0.1) is 0 Å². The molecule has 4 aromatic rings. The van der Waals surface area contributed by atoms with Crippen molar-refractivity contribution in [3.05, 3.63) is 119 Å². The molecule has 0 aliphatic rings. The predicted molar refractivity (Wildman–Crippen MR) is 346 cm³/mol. The van der Waals surface area contributed by atoms with Crippen LogP contribution in [-0.4, -0.2) is 225 Å². The van der Waals surface area contributed by atoms with Crippen molar-refractivity contribution in [2.45, 2.75) is 119 Å². The smallest absolute Gasteiger partial charge is 0.338 e. The molecule has 0 radical (unpaired) electrons. The van der Waals surface area contributed by atoms with Crippen LogP contribution in [0.2, 0.25) is 0 Å². The lowest BCUT2D eigenvalue weighted by molar-refractivity contribution is -0.165. The number of nitrogens with zero attached hydrogens (tertiary/aromatic N) is 4. The molecule has 0 aliphatic heterocycles. The number of amides is 4. The Morgan fingerprint density at radius 1 is 0.310 bits per heavy atom. The van der Waals surface area contributed by atoms with Crippen molar-refractivity contribution in [2.75, 3.05) is 78.8 Å². The minimum absolute atomic E-state index is 0.0769. The summed E-state index contributed by atoms with van der Waals surface area (Å²) in [5.41, 5.74) is -2.36. The molecule has 4 aromatic carbocycles. The average molecular weight is 1410 g/mol. The van der Waals surface area contributed by atoms with Gasteiger partial charge in [-0.1, -0.05) is 60.7 Å². The zero-order chi connectivity index (χ0) is 75.3. The number of carbonyl (C=O) groups is 14.